The number of aromatic nitrogens is 1. The summed E-state index contributed by atoms with van der Waals surface area (Å²) in [5, 5.41) is 5.85. The monoisotopic (exact) mass is 417 g/mol. The van der Waals surface area contributed by atoms with E-state index in [1.165, 1.54) is 0 Å². The normalized spacial score (nSPS) is 11.4. The van der Waals surface area contributed by atoms with Gasteiger partial charge in [-0.1, -0.05) is 31.2 Å². The number of rotatable bonds is 9. The first-order valence-electron chi connectivity index (χ1n) is 10.3. The Bertz CT molecular complexity index is 1020. The molecule has 3 aromatic rings. The molecule has 0 aliphatic carbocycles. The summed E-state index contributed by atoms with van der Waals surface area (Å²) in [5.74, 6) is 0.294. The van der Waals surface area contributed by atoms with Gasteiger partial charge in [0.2, 0.25) is 0 Å². The SMILES string of the molecule is CCC(C)NC(=O)c1cccc(CNC(=O)c2cccc(OCc3cccnc3)c2)c1. The van der Waals surface area contributed by atoms with Crippen molar-refractivity contribution >= 4 is 11.8 Å². The molecule has 6 heteroatoms. The molecule has 0 bridgehead atoms. The molecular formula is C25H27N3O3. The van der Waals surface area contributed by atoms with E-state index in [1.54, 1.807) is 42.7 Å². The summed E-state index contributed by atoms with van der Waals surface area (Å²) in [6.07, 6.45) is 4.32. The molecule has 1 unspecified atom stereocenters. The highest BCUT2D eigenvalue weighted by atomic mass is 16.5. The minimum atomic E-state index is -0.207. The lowest BCUT2D eigenvalue weighted by atomic mass is 10.1. The molecule has 3 rings (SSSR count). The molecule has 0 saturated heterocycles. The van der Waals surface area contributed by atoms with Crippen molar-refractivity contribution in [1.82, 2.24) is 15.6 Å². The third kappa shape index (κ3) is 6.67. The quantitative estimate of drug-likeness (QED) is 0.549. The molecule has 0 aliphatic heterocycles. The summed E-state index contributed by atoms with van der Waals surface area (Å²) in [6.45, 7) is 4.70. The van der Waals surface area contributed by atoms with Crippen LogP contribution in [0.25, 0.3) is 0 Å². The van der Waals surface area contributed by atoms with E-state index in [9.17, 15) is 9.59 Å². The molecule has 1 heterocycles. The molecule has 0 radical (unpaired) electrons. The molecule has 2 N–H and O–H groups in total. The highest BCUT2D eigenvalue weighted by Crippen LogP contribution is 2.15. The van der Waals surface area contributed by atoms with E-state index >= 15 is 0 Å². The Balaban J connectivity index is 1.57. The number of hydrogen-bond acceptors (Lipinski definition) is 4. The van der Waals surface area contributed by atoms with Crippen LogP contribution in [0.4, 0.5) is 0 Å². The Labute approximate surface area is 182 Å². The van der Waals surface area contributed by atoms with Gasteiger partial charge in [0.1, 0.15) is 12.4 Å². The first-order chi connectivity index (χ1) is 15.0. The van der Waals surface area contributed by atoms with Crippen LogP contribution < -0.4 is 15.4 Å². The first kappa shape index (κ1) is 22.0. The second kappa shape index (κ2) is 10.9. The highest BCUT2D eigenvalue weighted by Gasteiger charge is 2.10. The molecule has 0 spiro atoms. The van der Waals surface area contributed by atoms with Gasteiger partial charge >= 0.3 is 0 Å². The van der Waals surface area contributed by atoms with Crippen LogP contribution >= 0.6 is 0 Å². The Morgan fingerprint density at radius 3 is 2.45 bits per heavy atom. The van der Waals surface area contributed by atoms with E-state index in [4.69, 9.17) is 4.74 Å². The second-order valence-corrected chi connectivity index (χ2v) is 7.34. The Kier molecular flexibility index (Phi) is 7.76. The van der Waals surface area contributed by atoms with E-state index in [0.29, 0.717) is 30.0 Å². The van der Waals surface area contributed by atoms with Gasteiger partial charge in [-0.3, -0.25) is 14.6 Å². The summed E-state index contributed by atoms with van der Waals surface area (Å²) in [5.41, 5.74) is 2.90. The van der Waals surface area contributed by atoms with Gasteiger partial charge < -0.3 is 15.4 Å². The maximum atomic E-state index is 12.6. The largest absolute Gasteiger partial charge is 0.489 e. The zero-order valence-corrected chi connectivity index (χ0v) is 17.8. The molecular weight excluding hydrogens is 390 g/mol. The van der Waals surface area contributed by atoms with Crippen LogP contribution in [0.2, 0.25) is 0 Å². The number of pyridine rings is 1. The lowest BCUT2D eigenvalue weighted by Crippen LogP contribution is -2.32. The molecule has 0 fully saturated rings. The predicted molar refractivity (Wildman–Crippen MR) is 120 cm³/mol. The van der Waals surface area contributed by atoms with Gasteiger partial charge in [-0.15, -0.1) is 0 Å². The van der Waals surface area contributed by atoms with Crippen molar-refractivity contribution in [2.24, 2.45) is 0 Å². The van der Waals surface area contributed by atoms with Crippen molar-refractivity contribution < 1.29 is 14.3 Å². The topological polar surface area (TPSA) is 80.3 Å². The Morgan fingerprint density at radius 1 is 0.968 bits per heavy atom. The molecule has 2 aromatic carbocycles. The number of benzene rings is 2. The highest BCUT2D eigenvalue weighted by molar-refractivity contribution is 5.95. The van der Waals surface area contributed by atoms with Crippen LogP contribution in [0.1, 0.15) is 52.1 Å². The van der Waals surface area contributed by atoms with Gasteiger partial charge in [0.25, 0.3) is 11.8 Å². The van der Waals surface area contributed by atoms with Gasteiger partial charge in [0, 0.05) is 41.7 Å². The van der Waals surface area contributed by atoms with Gasteiger partial charge in [-0.25, -0.2) is 0 Å². The second-order valence-electron chi connectivity index (χ2n) is 7.34. The molecule has 160 valence electrons. The molecule has 1 atom stereocenters. The summed E-state index contributed by atoms with van der Waals surface area (Å²) in [6, 6.07) is 18.2. The average molecular weight is 418 g/mol. The third-order valence-electron chi connectivity index (χ3n) is 4.86. The third-order valence-corrected chi connectivity index (χ3v) is 4.86. The summed E-state index contributed by atoms with van der Waals surface area (Å²) < 4.78 is 5.76. The number of amides is 2. The van der Waals surface area contributed by atoms with Crippen LogP contribution in [0.15, 0.2) is 73.1 Å². The van der Waals surface area contributed by atoms with Crippen molar-refractivity contribution in [2.45, 2.75) is 39.5 Å². The van der Waals surface area contributed by atoms with Crippen molar-refractivity contribution in [3.63, 3.8) is 0 Å². The summed E-state index contributed by atoms with van der Waals surface area (Å²) in [4.78, 5) is 29.0. The summed E-state index contributed by atoms with van der Waals surface area (Å²) >= 11 is 0. The molecule has 2 amide bonds. The van der Waals surface area contributed by atoms with Crippen LogP contribution in [0, 0.1) is 0 Å². The fourth-order valence-corrected chi connectivity index (χ4v) is 2.89. The fourth-order valence-electron chi connectivity index (χ4n) is 2.89. The van der Waals surface area contributed by atoms with Gasteiger partial charge in [0.15, 0.2) is 0 Å². The minimum absolute atomic E-state index is 0.110. The summed E-state index contributed by atoms with van der Waals surface area (Å²) in [7, 11) is 0. The van der Waals surface area contributed by atoms with Crippen LogP contribution in [0.5, 0.6) is 5.75 Å². The van der Waals surface area contributed by atoms with E-state index in [1.807, 2.05) is 44.2 Å². The number of nitrogens with zero attached hydrogens (tertiary/aromatic N) is 1. The smallest absolute Gasteiger partial charge is 0.251 e. The van der Waals surface area contributed by atoms with E-state index < -0.39 is 0 Å². The van der Waals surface area contributed by atoms with Crippen molar-refractivity contribution in [1.29, 1.82) is 0 Å². The van der Waals surface area contributed by atoms with Crippen LogP contribution in [-0.2, 0) is 13.2 Å². The van der Waals surface area contributed by atoms with Gasteiger partial charge in [-0.2, -0.15) is 0 Å². The molecule has 6 nitrogen and oxygen atoms in total. The minimum Gasteiger partial charge on any atom is -0.489 e. The lowest BCUT2D eigenvalue weighted by Gasteiger charge is -2.12. The average Bonchev–Trinajstić information content (AvgIpc) is 2.82. The molecule has 0 saturated carbocycles. The first-order valence-corrected chi connectivity index (χ1v) is 10.3. The number of hydrogen-bond donors (Lipinski definition) is 2. The van der Waals surface area contributed by atoms with Crippen LogP contribution in [0.3, 0.4) is 0 Å². The van der Waals surface area contributed by atoms with Crippen molar-refractivity contribution in [2.75, 3.05) is 0 Å². The maximum Gasteiger partial charge on any atom is 0.251 e. The number of nitrogens with one attached hydrogen (secondary N) is 2. The number of carbonyl (C=O) groups excluding carboxylic acids is 2. The van der Waals surface area contributed by atoms with Gasteiger partial charge in [0.05, 0.1) is 0 Å². The number of ether oxygens (including phenoxy) is 1. The zero-order chi connectivity index (χ0) is 22.1. The Morgan fingerprint density at radius 2 is 1.71 bits per heavy atom. The van der Waals surface area contributed by atoms with E-state index in [0.717, 1.165) is 17.5 Å². The maximum absolute atomic E-state index is 12.6. The predicted octanol–water partition coefficient (Wildman–Crippen LogP) is 4.12. The lowest BCUT2D eigenvalue weighted by molar-refractivity contribution is 0.0936. The molecule has 0 aliphatic rings. The zero-order valence-electron chi connectivity index (χ0n) is 17.8. The number of carbonyl (C=O) groups is 2. The molecule has 31 heavy (non-hydrogen) atoms. The Hall–Kier alpha value is -3.67. The van der Waals surface area contributed by atoms with E-state index in [2.05, 4.69) is 15.6 Å². The fraction of sp³-hybridized carbons (Fsp3) is 0.240. The van der Waals surface area contributed by atoms with Crippen LogP contribution in [-0.4, -0.2) is 22.8 Å². The van der Waals surface area contributed by atoms with Gasteiger partial charge in [-0.05, 0) is 55.3 Å². The van der Waals surface area contributed by atoms with Crippen molar-refractivity contribution in [3.05, 3.63) is 95.3 Å². The van der Waals surface area contributed by atoms with E-state index in [-0.39, 0.29) is 17.9 Å². The molecule has 1 aromatic heterocycles. The van der Waals surface area contributed by atoms with Crippen molar-refractivity contribution in [3.8, 4) is 5.75 Å². The standard InChI is InChI=1S/C25H27N3O3/c1-3-18(2)28-25(30)21-9-4-7-19(13-21)16-27-24(29)22-10-5-11-23(14-22)31-17-20-8-6-12-26-15-20/h4-15,18H,3,16-17H2,1-2H3,(H,27,29)(H,28,30).